The van der Waals surface area contributed by atoms with Gasteiger partial charge in [-0.3, -0.25) is 9.36 Å². The Bertz CT molecular complexity index is 948. The zero-order chi connectivity index (χ0) is 18.0. The van der Waals surface area contributed by atoms with Crippen LogP contribution in [0.4, 0.5) is 4.39 Å². The van der Waals surface area contributed by atoms with E-state index in [0.29, 0.717) is 11.9 Å². The predicted octanol–water partition coefficient (Wildman–Crippen LogP) is 5.05. The topological polar surface area (TPSA) is 34.9 Å². The quantitative estimate of drug-likeness (QED) is 0.333. The molecule has 7 heteroatoms. The Balaban J connectivity index is 2.19. The highest BCUT2D eigenvalue weighted by molar-refractivity contribution is 8.02. The molecule has 25 heavy (non-hydrogen) atoms. The highest BCUT2D eigenvalue weighted by Crippen LogP contribution is 2.36. The van der Waals surface area contributed by atoms with E-state index in [2.05, 4.69) is 6.26 Å². The van der Waals surface area contributed by atoms with Gasteiger partial charge in [-0.1, -0.05) is 23.9 Å². The molecule has 0 fully saturated rings. The lowest BCUT2D eigenvalue weighted by Gasteiger charge is -2.10. The van der Waals surface area contributed by atoms with Crippen molar-refractivity contribution < 1.29 is 4.39 Å². The molecule has 0 saturated heterocycles. The molecule has 0 bridgehead atoms. The normalized spacial score (nSPS) is 11.4. The number of benzene rings is 1. The minimum atomic E-state index is -0.280. The first-order valence-corrected chi connectivity index (χ1v) is 11.2. The molecule has 3 nitrogen and oxygen atoms in total. The lowest BCUT2D eigenvalue weighted by atomic mass is 10.0. The third-order valence-corrected chi connectivity index (χ3v) is 6.77. The molecule has 3 aromatic rings. The molecule has 2 heterocycles. The van der Waals surface area contributed by atoms with Crippen molar-refractivity contribution in [2.75, 3.05) is 17.8 Å². The van der Waals surface area contributed by atoms with Crippen LogP contribution in [0.3, 0.4) is 0 Å². The maximum Gasteiger partial charge on any atom is 0.263 e. The van der Waals surface area contributed by atoms with Crippen LogP contribution in [0.1, 0.15) is 11.8 Å². The summed E-state index contributed by atoms with van der Waals surface area (Å²) in [6, 6.07) is 6.30. The van der Waals surface area contributed by atoms with Crippen molar-refractivity contribution in [3.05, 3.63) is 45.3 Å². The minimum absolute atomic E-state index is 0.0113. The van der Waals surface area contributed by atoms with E-state index in [-0.39, 0.29) is 11.4 Å². The van der Waals surface area contributed by atoms with E-state index in [1.807, 2.05) is 13.8 Å². The van der Waals surface area contributed by atoms with E-state index in [1.165, 1.54) is 23.5 Å². The molecule has 0 amide bonds. The van der Waals surface area contributed by atoms with Crippen molar-refractivity contribution in [2.24, 2.45) is 0 Å². The minimum Gasteiger partial charge on any atom is -0.287 e. The molecule has 0 atom stereocenters. The summed E-state index contributed by atoms with van der Waals surface area (Å²) in [5.41, 5.74) is 1.72. The van der Waals surface area contributed by atoms with Crippen LogP contribution in [0.5, 0.6) is 0 Å². The van der Waals surface area contributed by atoms with E-state index in [9.17, 15) is 9.18 Å². The molecule has 2 aromatic heterocycles. The van der Waals surface area contributed by atoms with Crippen LogP contribution in [0.15, 0.2) is 34.2 Å². The molecule has 0 spiro atoms. The van der Waals surface area contributed by atoms with E-state index in [4.69, 9.17) is 4.98 Å². The van der Waals surface area contributed by atoms with Gasteiger partial charge >= 0.3 is 0 Å². The molecule has 0 aliphatic rings. The first-order chi connectivity index (χ1) is 12.1. The second kappa shape index (κ2) is 7.93. The molecule has 0 aliphatic carbocycles. The number of fused-ring (bicyclic) bond motifs is 1. The monoisotopic (exact) mass is 394 g/mol. The number of hydrogen-bond acceptors (Lipinski definition) is 5. The number of nitrogens with zero attached hydrogens (tertiary/aromatic N) is 2. The standard InChI is InChI=1S/C18H19FN2OS3/c1-4-21-17(22)15-14(12-5-7-13(19)8-6-12)11(2)25-16(15)20-18(21)24-10-9-23-3/h5-8H,4,9-10H2,1-3H3. The van der Waals surface area contributed by atoms with Gasteiger partial charge in [-0.05, 0) is 37.8 Å². The first-order valence-electron chi connectivity index (χ1n) is 7.98. The van der Waals surface area contributed by atoms with Gasteiger partial charge in [0.15, 0.2) is 5.16 Å². The molecule has 132 valence electrons. The second-order valence-corrected chi connectivity index (χ2v) is 8.76. The van der Waals surface area contributed by atoms with Crippen molar-refractivity contribution in [2.45, 2.75) is 25.5 Å². The highest BCUT2D eigenvalue weighted by Gasteiger charge is 2.19. The van der Waals surface area contributed by atoms with Gasteiger partial charge in [0.2, 0.25) is 0 Å². The average molecular weight is 395 g/mol. The Morgan fingerprint density at radius 2 is 1.96 bits per heavy atom. The van der Waals surface area contributed by atoms with Gasteiger partial charge in [0, 0.05) is 28.5 Å². The van der Waals surface area contributed by atoms with Crippen LogP contribution in [0.2, 0.25) is 0 Å². The van der Waals surface area contributed by atoms with Gasteiger partial charge in [0.25, 0.3) is 5.56 Å². The van der Waals surface area contributed by atoms with Crippen molar-refractivity contribution in [1.29, 1.82) is 0 Å². The largest absolute Gasteiger partial charge is 0.287 e. The number of thiophene rings is 1. The summed E-state index contributed by atoms with van der Waals surface area (Å²) >= 11 is 4.94. The number of halogens is 1. The fraction of sp³-hybridized carbons (Fsp3) is 0.333. The number of thioether (sulfide) groups is 2. The molecule has 0 saturated carbocycles. The summed E-state index contributed by atoms with van der Waals surface area (Å²) in [6.07, 6.45) is 2.07. The van der Waals surface area contributed by atoms with Crippen molar-refractivity contribution in [3.63, 3.8) is 0 Å². The van der Waals surface area contributed by atoms with E-state index in [0.717, 1.165) is 37.5 Å². The zero-order valence-corrected chi connectivity index (χ0v) is 16.8. The zero-order valence-electron chi connectivity index (χ0n) is 14.3. The molecule has 1 aromatic carbocycles. The van der Waals surface area contributed by atoms with Crippen LogP contribution in [0, 0.1) is 12.7 Å². The maximum absolute atomic E-state index is 13.3. The molecule has 0 aliphatic heterocycles. The Hall–Kier alpha value is -1.31. The Morgan fingerprint density at radius 1 is 1.24 bits per heavy atom. The van der Waals surface area contributed by atoms with Crippen LogP contribution < -0.4 is 5.56 Å². The molecular weight excluding hydrogens is 375 g/mol. The van der Waals surface area contributed by atoms with Crippen molar-refractivity contribution in [3.8, 4) is 11.1 Å². The highest BCUT2D eigenvalue weighted by atomic mass is 32.2. The molecular formula is C18H19FN2OS3. The van der Waals surface area contributed by atoms with Gasteiger partial charge in [-0.2, -0.15) is 11.8 Å². The second-order valence-electron chi connectivity index (χ2n) is 5.51. The van der Waals surface area contributed by atoms with Gasteiger partial charge in [0.05, 0.1) is 5.39 Å². The lowest BCUT2D eigenvalue weighted by Crippen LogP contribution is -2.22. The first kappa shape index (κ1) is 18.5. The van der Waals surface area contributed by atoms with Gasteiger partial charge in [-0.15, -0.1) is 11.3 Å². The number of aryl methyl sites for hydroxylation is 1. The van der Waals surface area contributed by atoms with Crippen LogP contribution in [0.25, 0.3) is 21.3 Å². The fourth-order valence-corrected chi connectivity index (χ4v) is 5.55. The molecule has 0 unspecified atom stereocenters. The molecule has 3 rings (SSSR count). The predicted molar refractivity (Wildman–Crippen MR) is 109 cm³/mol. The summed E-state index contributed by atoms with van der Waals surface area (Å²) in [6.45, 7) is 4.53. The van der Waals surface area contributed by atoms with Crippen LogP contribution >= 0.6 is 34.9 Å². The lowest BCUT2D eigenvalue weighted by molar-refractivity contribution is 0.628. The van der Waals surface area contributed by atoms with Crippen LogP contribution in [-0.4, -0.2) is 27.3 Å². The summed E-state index contributed by atoms with van der Waals surface area (Å²) in [4.78, 5) is 19.7. The SMILES string of the molecule is CCn1c(SCCSC)nc2sc(C)c(-c3ccc(F)cc3)c2c1=O. The number of rotatable bonds is 6. The van der Waals surface area contributed by atoms with Gasteiger partial charge in [0.1, 0.15) is 10.6 Å². The van der Waals surface area contributed by atoms with Crippen LogP contribution in [-0.2, 0) is 6.54 Å². The summed E-state index contributed by atoms with van der Waals surface area (Å²) in [5, 5.41) is 1.42. The third-order valence-electron chi connectivity index (χ3n) is 3.92. The average Bonchev–Trinajstić information content (AvgIpc) is 2.92. The van der Waals surface area contributed by atoms with Crippen molar-refractivity contribution in [1.82, 2.24) is 9.55 Å². The summed E-state index contributed by atoms with van der Waals surface area (Å²) < 4.78 is 15.0. The Morgan fingerprint density at radius 3 is 2.60 bits per heavy atom. The summed E-state index contributed by atoms with van der Waals surface area (Å²) in [7, 11) is 0. The summed E-state index contributed by atoms with van der Waals surface area (Å²) in [5.74, 6) is 1.67. The van der Waals surface area contributed by atoms with Gasteiger partial charge < -0.3 is 0 Å². The van der Waals surface area contributed by atoms with E-state index >= 15 is 0 Å². The molecule has 0 radical (unpaired) electrons. The third kappa shape index (κ3) is 3.64. The number of hydrogen-bond donors (Lipinski definition) is 0. The maximum atomic E-state index is 13.3. The van der Waals surface area contributed by atoms with E-state index in [1.54, 1.807) is 40.2 Å². The van der Waals surface area contributed by atoms with Crippen molar-refractivity contribution >= 4 is 45.1 Å². The molecule has 0 N–H and O–H groups in total. The van der Waals surface area contributed by atoms with E-state index < -0.39 is 0 Å². The smallest absolute Gasteiger partial charge is 0.263 e. The Labute approximate surface area is 158 Å². The fourth-order valence-electron chi connectivity index (χ4n) is 2.75. The number of aromatic nitrogens is 2. The van der Waals surface area contributed by atoms with Gasteiger partial charge in [-0.25, -0.2) is 9.37 Å². The Kier molecular flexibility index (Phi) is 5.86.